The molecule has 92 valence electrons. The fraction of sp³-hybridized carbons (Fsp3) is 0.300. The van der Waals surface area contributed by atoms with Crippen LogP contribution in [0.25, 0.3) is 0 Å². The average molecular weight is 257 g/mol. The van der Waals surface area contributed by atoms with Crippen molar-refractivity contribution in [2.24, 2.45) is 0 Å². The maximum Gasteiger partial charge on any atom is 0.371 e. The Kier molecular flexibility index (Phi) is 3.93. The minimum absolute atomic E-state index is 0.0272. The van der Waals surface area contributed by atoms with Crippen molar-refractivity contribution in [2.45, 2.75) is 18.7 Å². The van der Waals surface area contributed by atoms with Gasteiger partial charge in [0.15, 0.2) is 0 Å². The van der Waals surface area contributed by atoms with Crippen molar-refractivity contribution in [3.63, 3.8) is 0 Å². The van der Waals surface area contributed by atoms with Crippen LogP contribution in [0.2, 0.25) is 0 Å². The van der Waals surface area contributed by atoms with Gasteiger partial charge >= 0.3 is 5.97 Å². The Morgan fingerprint density at radius 1 is 1.59 bits per heavy atom. The number of carboxylic acids is 1. The monoisotopic (exact) mass is 257 g/mol. The fourth-order valence-corrected chi connectivity index (χ4v) is 2.23. The first-order valence-electron chi connectivity index (χ1n) is 4.61. The Labute approximate surface area is 98.7 Å². The second-order valence-electron chi connectivity index (χ2n) is 3.09. The third-order valence-electron chi connectivity index (χ3n) is 1.90. The number of hydrogen-bond acceptors (Lipinski definition) is 4. The number of carbonyl (C=O) groups is 1. The van der Waals surface area contributed by atoms with E-state index in [1.165, 1.54) is 6.92 Å². The van der Waals surface area contributed by atoms with E-state index in [-0.39, 0.29) is 17.2 Å². The van der Waals surface area contributed by atoms with Gasteiger partial charge in [-0.15, -0.1) is 5.92 Å². The molecule has 1 rings (SSSR count). The van der Waals surface area contributed by atoms with E-state index >= 15 is 0 Å². The van der Waals surface area contributed by atoms with E-state index in [0.29, 0.717) is 0 Å². The van der Waals surface area contributed by atoms with E-state index in [4.69, 9.17) is 9.52 Å². The summed E-state index contributed by atoms with van der Waals surface area (Å²) in [5.41, 5.74) is 0. The van der Waals surface area contributed by atoms with Gasteiger partial charge < -0.3 is 9.52 Å². The number of carboxylic acid groups (broad SMARTS) is 1. The molecule has 0 aliphatic heterocycles. The van der Waals surface area contributed by atoms with E-state index < -0.39 is 21.8 Å². The molecule has 0 amide bonds. The highest BCUT2D eigenvalue weighted by molar-refractivity contribution is 7.89. The van der Waals surface area contributed by atoms with E-state index in [0.717, 1.165) is 6.07 Å². The average Bonchev–Trinajstić information content (AvgIpc) is 2.61. The fourth-order valence-electron chi connectivity index (χ4n) is 1.13. The summed E-state index contributed by atoms with van der Waals surface area (Å²) >= 11 is 0. The highest BCUT2D eigenvalue weighted by Crippen LogP contribution is 2.19. The summed E-state index contributed by atoms with van der Waals surface area (Å²) in [7, 11) is -3.79. The van der Waals surface area contributed by atoms with Crippen LogP contribution < -0.4 is 4.72 Å². The maximum absolute atomic E-state index is 11.7. The molecule has 17 heavy (non-hydrogen) atoms. The molecule has 0 saturated carbocycles. The van der Waals surface area contributed by atoms with Crippen LogP contribution in [-0.4, -0.2) is 26.0 Å². The van der Waals surface area contributed by atoms with Crippen molar-refractivity contribution in [1.29, 1.82) is 0 Å². The third-order valence-corrected chi connectivity index (χ3v) is 3.41. The molecule has 0 bridgehead atoms. The van der Waals surface area contributed by atoms with Crippen LogP contribution in [0.3, 0.4) is 0 Å². The third kappa shape index (κ3) is 3.09. The number of hydrogen-bond donors (Lipinski definition) is 2. The summed E-state index contributed by atoms with van der Waals surface area (Å²) in [5.74, 6) is 3.37. The molecule has 0 saturated heterocycles. The minimum atomic E-state index is -3.79. The summed E-state index contributed by atoms with van der Waals surface area (Å²) in [4.78, 5) is 10.4. The van der Waals surface area contributed by atoms with Crippen LogP contribution >= 0.6 is 0 Å². The summed E-state index contributed by atoms with van der Waals surface area (Å²) in [6, 6.07) is 0.972. The molecule has 0 aliphatic rings. The zero-order valence-electron chi connectivity index (χ0n) is 9.27. The smallest absolute Gasteiger partial charge is 0.371 e. The van der Waals surface area contributed by atoms with Gasteiger partial charge in [-0.1, -0.05) is 5.92 Å². The molecular weight excluding hydrogens is 246 g/mol. The van der Waals surface area contributed by atoms with Gasteiger partial charge in [0.1, 0.15) is 10.7 Å². The highest BCUT2D eigenvalue weighted by atomic mass is 32.2. The number of nitrogens with one attached hydrogen (secondary N) is 1. The SMILES string of the molecule is CC#CCNS(=O)(=O)c1cc(C(=O)O)oc1C. The molecule has 0 unspecified atom stereocenters. The molecule has 1 heterocycles. The molecule has 7 heteroatoms. The zero-order chi connectivity index (χ0) is 13.1. The standard InChI is InChI=1S/C10H11NO5S/c1-3-4-5-11-17(14,15)9-6-8(10(12)13)16-7(9)2/h6,11H,5H2,1-2H3,(H,12,13). The normalized spacial score (nSPS) is 10.7. The number of aryl methyl sites for hydroxylation is 1. The van der Waals surface area contributed by atoms with Crippen molar-refractivity contribution in [2.75, 3.05) is 6.54 Å². The molecule has 0 atom stereocenters. The summed E-state index contributed by atoms with van der Waals surface area (Å²) in [6.07, 6.45) is 0. The van der Waals surface area contributed by atoms with Crippen molar-refractivity contribution < 1.29 is 22.7 Å². The predicted octanol–water partition coefficient (Wildman–Crippen LogP) is 0.588. The van der Waals surface area contributed by atoms with Crippen molar-refractivity contribution in [3.05, 3.63) is 17.6 Å². The van der Waals surface area contributed by atoms with Gasteiger partial charge in [-0.3, -0.25) is 0 Å². The van der Waals surface area contributed by atoms with Crippen molar-refractivity contribution in [3.8, 4) is 11.8 Å². The lowest BCUT2D eigenvalue weighted by molar-refractivity contribution is 0.0661. The molecule has 6 nitrogen and oxygen atoms in total. The number of rotatable bonds is 4. The number of sulfonamides is 1. The summed E-state index contributed by atoms with van der Waals surface area (Å²) < 4.78 is 30.5. The largest absolute Gasteiger partial charge is 0.475 e. The highest BCUT2D eigenvalue weighted by Gasteiger charge is 2.23. The van der Waals surface area contributed by atoms with Crippen LogP contribution in [0, 0.1) is 18.8 Å². The Hall–Kier alpha value is -1.78. The quantitative estimate of drug-likeness (QED) is 0.769. The summed E-state index contributed by atoms with van der Waals surface area (Å²) in [6.45, 7) is 2.93. The van der Waals surface area contributed by atoms with Gasteiger partial charge in [0.25, 0.3) is 0 Å². The number of furan rings is 1. The lowest BCUT2D eigenvalue weighted by Crippen LogP contribution is -2.24. The first-order valence-corrected chi connectivity index (χ1v) is 6.10. The topological polar surface area (TPSA) is 96.6 Å². The summed E-state index contributed by atoms with van der Waals surface area (Å²) in [5, 5.41) is 8.67. The van der Waals surface area contributed by atoms with Gasteiger partial charge in [-0.05, 0) is 13.8 Å². The zero-order valence-corrected chi connectivity index (χ0v) is 10.1. The van der Waals surface area contributed by atoms with Gasteiger partial charge in [0.2, 0.25) is 15.8 Å². The van der Waals surface area contributed by atoms with Gasteiger partial charge in [0.05, 0.1) is 6.54 Å². The van der Waals surface area contributed by atoms with Crippen LogP contribution in [0.1, 0.15) is 23.2 Å². The van der Waals surface area contributed by atoms with E-state index in [9.17, 15) is 13.2 Å². The van der Waals surface area contributed by atoms with Gasteiger partial charge in [-0.25, -0.2) is 13.2 Å². The lowest BCUT2D eigenvalue weighted by Gasteiger charge is -2.00. The molecule has 0 spiro atoms. The Morgan fingerprint density at radius 2 is 2.24 bits per heavy atom. The van der Waals surface area contributed by atoms with Crippen LogP contribution in [0.4, 0.5) is 0 Å². The molecule has 0 aliphatic carbocycles. The molecule has 1 aromatic rings. The van der Waals surface area contributed by atoms with Crippen LogP contribution in [-0.2, 0) is 10.0 Å². The second-order valence-corrected chi connectivity index (χ2v) is 4.82. The number of aromatic carboxylic acids is 1. The molecular formula is C10H11NO5S. The first-order chi connectivity index (χ1) is 7.88. The molecule has 0 fully saturated rings. The van der Waals surface area contributed by atoms with Crippen LogP contribution in [0.5, 0.6) is 0 Å². The Bertz CT molecular complexity index is 588. The Balaban J connectivity index is 3.05. The van der Waals surface area contributed by atoms with Crippen LogP contribution in [0.15, 0.2) is 15.4 Å². The van der Waals surface area contributed by atoms with E-state index in [1.807, 2.05) is 0 Å². The molecule has 0 aromatic carbocycles. The van der Waals surface area contributed by atoms with Gasteiger partial charge in [-0.2, -0.15) is 4.72 Å². The predicted molar refractivity (Wildman–Crippen MR) is 59.0 cm³/mol. The molecule has 2 N–H and O–H groups in total. The van der Waals surface area contributed by atoms with Gasteiger partial charge in [0, 0.05) is 6.07 Å². The minimum Gasteiger partial charge on any atom is -0.475 e. The van der Waals surface area contributed by atoms with E-state index in [1.54, 1.807) is 6.92 Å². The Morgan fingerprint density at radius 3 is 2.71 bits per heavy atom. The van der Waals surface area contributed by atoms with E-state index in [2.05, 4.69) is 16.6 Å². The second kappa shape index (κ2) is 5.03. The maximum atomic E-state index is 11.7. The molecule has 1 aromatic heterocycles. The molecule has 0 radical (unpaired) electrons. The lowest BCUT2D eigenvalue weighted by atomic mass is 10.4. The first kappa shape index (κ1) is 13.3. The van der Waals surface area contributed by atoms with Crippen molar-refractivity contribution >= 4 is 16.0 Å². The van der Waals surface area contributed by atoms with Crippen molar-refractivity contribution in [1.82, 2.24) is 4.72 Å².